The maximum atomic E-state index is 12.3. The van der Waals surface area contributed by atoms with Gasteiger partial charge in [0.25, 0.3) is 5.91 Å². The molecule has 1 aliphatic rings. The first-order valence-electron chi connectivity index (χ1n) is 8.02. The Hall–Kier alpha value is -2.34. The van der Waals surface area contributed by atoms with Crippen molar-refractivity contribution in [2.45, 2.75) is 6.42 Å². The summed E-state index contributed by atoms with van der Waals surface area (Å²) in [5, 5.41) is 1.90. The van der Waals surface area contributed by atoms with Crippen molar-refractivity contribution in [1.82, 2.24) is 9.80 Å². The minimum absolute atomic E-state index is 0.0597. The zero-order chi connectivity index (χ0) is 16.8. The number of carbonyl (C=O) groups is 2. The summed E-state index contributed by atoms with van der Waals surface area (Å²) >= 11 is 1.45. The summed E-state index contributed by atoms with van der Waals surface area (Å²) < 4.78 is 5.57. The van der Waals surface area contributed by atoms with Crippen LogP contribution in [0.1, 0.15) is 16.1 Å². The maximum Gasteiger partial charge on any atom is 0.264 e. The average molecular weight is 344 g/mol. The molecule has 1 aromatic carbocycles. The van der Waals surface area contributed by atoms with Gasteiger partial charge < -0.3 is 14.5 Å². The van der Waals surface area contributed by atoms with Gasteiger partial charge in [-0.3, -0.25) is 9.59 Å². The van der Waals surface area contributed by atoms with Crippen molar-refractivity contribution in [2.75, 3.05) is 32.8 Å². The molecule has 0 spiro atoms. The van der Waals surface area contributed by atoms with Crippen LogP contribution in [0.4, 0.5) is 0 Å². The number of hydrogen-bond acceptors (Lipinski definition) is 4. The van der Waals surface area contributed by atoms with Gasteiger partial charge in [0.15, 0.2) is 0 Å². The third-order valence-electron chi connectivity index (χ3n) is 3.98. The maximum absolute atomic E-state index is 12.3. The Labute approximate surface area is 145 Å². The summed E-state index contributed by atoms with van der Waals surface area (Å²) in [6, 6.07) is 13.2. The molecule has 2 heterocycles. The van der Waals surface area contributed by atoms with E-state index in [1.54, 1.807) is 0 Å². The standard InChI is InChI=1S/C18H20N2O3S/c21-17(8-13-23-15-5-2-1-3-6-15)19-9-11-20(12-10-19)18(22)16-7-4-14-24-16/h1-7,14H,8-13H2. The Morgan fingerprint density at radius 1 is 0.958 bits per heavy atom. The predicted molar refractivity (Wildman–Crippen MR) is 93.4 cm³/mol. The van der Waals surface area contributed by atoms with Crippen LogP contribution in [0.25, 0.3) is 0 Å². The number of ether oxygens (including phenoxy) is 1. The number of carbonyl (C=O) groups excluding carboxylic acids is 2. The summed E-state index contributed by atoms with van der Waals surface area (Å²) in [4.78, 5) is 28.9. The number of piperazine rings is 1. The minimum Gasteiger partial charge on any atom is -0.493 e. The normalized spacial score (nSPS) is 14.5. The van der Waals surface area contributed by atoms with Crippen LogP contribution in [0.15, 0.2) is 47.8 Å². The Morgan fingerprint density at radius 2 is 1.67 bits per heavy atom. The van der Waals surface area contributed by atoms with Gasteiger partial charge in [-0.15, -0.1) is 11.3 Å². The average Bonchev–Trinajstić information content (AvgIpc) is 3.17. The molecule has 3 rings (SSSR count). The molecule has 24 heavy (non-hydrogen) atoms. The Balaban J connectivity index is 1.41. The molecular formula is C18H20N2O3S. The van der Waals surface area contributed by atoms with Gasteiger partial charge in [0.1, 0.15) is 5.75 Å². The molecule has 6 heteroatoms. The number of benzene rings is 1. The summed E-state index contributed by atoms with van der Waals surface area (Å²) in [5.41, 5.74) is 0. The van der Waals surface area contributed by atoms with E-state index in [4.69, 9.17) is 4.74 Å². The lowest BCUT2D eigenvalue weighted by atomic mass is 10.2. The first kappa shape index (κ1) is 16.5. The van der Waals surface area contributed by atoms with Gasteiger partial charge in [0, 0.05) is 26.2 Å². The first-order chi connectivity index (χ1) is 11.7. The fraction of sp³-hybridized carbons (Fsp3) is 0.333. The van der Waals surface area contributed by atoms with Gasteiger partial charge in [0.05, 0.1) is 17.9 Å². The number of thiophene rings is 1. The Morgan fingerprint density at radius 3 is 2.33 bits per heavy atom. The molecule has 0 aliphatic carbocycles. The van der Waals surface area contributed by atoms with Gasteiger partial charge in [-0.2, -0.15) is 0 Å². The van der Waals surface area contributed by atoms with Gasteiger partial charge >= 0.3 is 0 Å². The molecule has 5 nitrogen and oxygen atoms in total. The van der Waals surface area contributed by atoms with Gasteiger partial charge in [-0.25, -0.2) is 0 Å². The molecule has 0 atom stereocenters. The zero-order valence-corrected chi connectivity index (χ0v) is 14.2. The van der Waals surface area contributed by atoms with Crippen LogP contribution in [0.5, 0.6) is 5.75 Å². The van der Waals surface area contributed by atoms with E-state index in [2.05, 4.69) is 0 Å². The van der Waals surface area contributed by atoms with Crippen molar-refractivity contribution in [2.24, 2.45) is 0 Å². The van der Waals surface area contributed by atoms with Crippen LogP contribution in [0, 0.1) is 0 Å². The van der Waals surface area contributed by atoms with Crippen molar-refractivity contribution in [3.05, 3.63) is 52.7 Å². The van der Waals surface area contributed by atoms with E-state index in [0.717, 1.165) is 10.6 Å². The highest BCUT2D eigenvalue weighted by Crippen LogP contribution is 2.14. The number of rotatable bonds is 5. The molecule has 1 saturated heterocycles. The number of nitrogens with zero attached hydrogens (tertiary/aromatic N) is 2. The summed E-state index contributed by atoms with van der Waals surface area (Å²) in [7, 11) is 0. The van der Waals surface area contributed by atoms with Gasteiger partial charge in [-0.05, 0) is 23.6 Å². The third kappa shape index (κ3) is 4.14. The Bertz CT molecular complexity index is 665. The van der Waals surface area contributed by atoms with E-state index < -0.39 is 0 Å². The van der Waals surface area contributed by atoms with Crippen LogP contribution in [0.3, 0.4) is 0 Å². The summed E-state index contributed by atoms with van der Waals surface area (Å²) in [6.45, 7) is 2.71. The molecule has 1 fully saturated rings. The largest absolute Gasteiger partial charge is 0.493 e. The van der Waals surface area contributed by atoms with Crippen molar-refractivity contribution in [1.29, 1.82) is 0 Å². The molecule has 0 saturated carbocycles. The van der Waals surface area contributed by atoms with E-state index >= 15 is 0 Å². The van der Waals surface area contributed by atoms with Crippen LogP contribution in [-0.2, 0) is 4.79 Å². The third-order valence-corrected chi connectivity index (χ3v) is 4.84. The monoisotopic (exact) mass is 344 g/mol. The van der Waals surface area contributed by atoms with Crippen molar-refractivity contribution in [3.63, 3.8) is 0 Å². The fourth-order valence-corrected chi connectivity index (χ4v) is 3.34. The molecular weight excluding hydrogens is 324 g/mol. The highest BCUT2D eigenvalue weighted by Gasteiger charge is 2.25. The predicted octanol–water partition coefficient (Wildman–Crippen LogP) is 2.50. The lowest BCUT2D eigenvalue weighted by Crippen LogP contribution is -2.50. The van der Waals surface area contributed by atoms with E-state index in [0.29, 0.717) is 39.2 Å². The van der Waals surface area contributed by atoms with Crippen LogP contribution >= 0.6 is 11.3 Å². The van der Waals surface area contributed by atoms with Crippen LogP contribution < -0.4 is 4.74 Å². The molecule has 0 unspecified atom stereocenters. The number of amides is 2. The fourth-order valence-electron chi connectivity index (χ4n) is 2.65. The Kier molecular flexibility index (Phi) is 5.48. The zero-order valence-electron chi connectivity index (χ0n) is 13.4. The molecule has 0 radical (unpaired) electrons. The van der Waals surface area contributed by atoms with Gasteiger partial charge in [-0.1, -0.05) is 24.3 Å². The van der Waals surface area contributed by atoms with Crippen LogP contribution in [-0.4, -0.2) is 54.4 Å². The lowest BCUT2D eigenvalue weighted by molar-refractivity contribution is -0.133. The highest BCUT2D eigenvalue weighted by atomic mass is 32.1. The van der Waals surface area contributed by atoms with E-state index in [9.17, 15) is 9.59 Å². The van der Waals surface area contributed by atoms with E-state index in [1.165, 1.54) is 11.3 Å². The van der Waals surface area contributed by atoms with Gasteiger partial charge in [0.2, 0.25) is 5.91 Å². The number of hydrogen-bond donors (Lipinski definition) is 0. The topological polar surface area (TPSA) is 49.9 Å². The molecule has 0 N–H and O–H groups in total. The summed E-state index contributed by atoms with van der Waals surface area (Å²) in [5.74, 6) is 0.912. The van der Waals surface area contributed by atoms with Crippen molar-refractivity contribution in [3.8, 4) is 5.75 Å². The SMILES string of the molecule is O=C(CCOc1ccccc1)N1CCN(C(=O)c2cccs2)CC1. The molecule has 2 aromatic rings. The van der Waals surface area contributed by atoms with Crippen molar-refractivity contribution < 1.29 is 14.3 Å². The molecule has 126 valence electrons. The molecule has 1 aliphatic heterocycles. The lowest BCUT2D eigenvalue weighted by Gasteiger charge is -2.34. The molecule has 2 amide bonds. The molecule has 0 bridgehead atoms. The second kappa shape index (κ2) is 7.97. The minimum atomic E-state index is 0.0597. The first-order valence-corrected chi connectivity index (χ1v) is 8.90. The van der Waals surface area contributed by atoms with Crippen molar-refractivity contribution >= 4 is 23.2 Å². The smallest absolute Gasteiger partial charge is 0.264 e. The number of para-hydroxylation sites is 1. The van der Waals surface area contributed by atoms with E-state index in [1.807, 2.05) is 57.6 Å². The van der Waals surface area contributed by atoms with E-state index in [-0.39, 0.29) is 11.8 Å². The highest BCUT2D eigenvalue weighted by molar-refractivity contribution is 7.12. The van der Waals surface area contributed by atoms with Crippen LogP contribution in [0.2, 0.25) is 0 Å². The second-order valence-corrected chi connectivity index (χ2v) is 6.51. The summed E-state index contributed by atoms with van der Waals surface area (Å²) in [6.07, 6.45) is 0.355. The second-order valence-electron chi connectivity index (χ2n) is 5.56. The quantitative estimate of drug-likeness (QED) is 0.837. The molecule has 1 aromatic heterocycles.